The number of nitrogens with zero attached hydrogens (tertiary/aromatic N) is 3. The molecule has 0 aliphatic carbocycles. The molecule has 1 amide bonds. The molecule has 0 unspecified atom stereocenters. The Labute approximate surface area is 146 Å². The Morgan fingerprint density at radius 2 is 1.83 bits per heavy atom. The summed E-state index contributed by atoms with van der Waals surface area (Å²) in [7, 11) is 1.64. The predicted molar refractivity (Wildman–Crippen MR) is 95.2 cm³/mol. The number of ether oxygens (including phenoxy) is 1. The molecule has 0 radical (unpaired) electrons. The van der Waals surface area contributed by atoms with Gasteiger partial charge in [0.1, 0.15) is 10.8 Å². The van der Waals surface area contributed by atoms with Crippen molar-refractivity contribution < 1.29 is 9.53 Å². The molecule has 0 atom stereocenters. The van der Waals surface area contributed by atoms with E-state index in [2.05, 4.69) is 10.2 Å². The molecule has 1 saturated heterocycles. The van der Waals surface area contributed by atoms with Gasteiger partial charge in [0.05, 0.1) is 18.6 Å². The first-order valence-corrected chi connectivity index (χ1v) is 9.13. The molecule has 1 fully saturated rings. The van der Waals surface area contributed by atoms with E-state index in [1.165, 1.54) is 18.2 Å². The fourth-order valence-corrected chi connectivity index (χ4v) is 3.40. The van der Waals surface area contributed by atoms with E-state index in [0.717, 1.165) is 48.0 Å². The topological polar surface area (TPSA) is 55.3 Å². The second-order valence-corrected chi connectivity index (χ2v) is 6.71. The van der Waals surface area contributed by atoms with Gasteiger partial charge in [-0.1, -0.05) is 11.8 Å². The van der Waals surface area contributed by atoms with Crippen LogP contribution in [-0.4, -0.2) is 47.0 Å². The van der Waals surface area contributed by atoms with Gasteiger partial charge in [-0.2, -0.15) is 0 Å². The normalized spacial score (nSPS) is 14.5. The molecule has 1 aliphatic heterocycles. The van der Waals surface area contributed by atoms with Gasteiger partial charge in [0.15, 0.2) is 0 Å². The smallest absolute Gasteiger partial charge is 0.232 e. The summed E-state index contributed by atoms with van der Waals surface area (Å²) in [5, 5.41) is 9.26. The minimum absolute atomic E-state index is 0.195. The Balaban J connectivity index is 1.56. The average molecular weight is 343 g/mol. The van der Waals surface area contributed by atoms with E-state index < -0.39 is 0 Å². The van der Waals surface area contributed by atoms with E-state index in [1.807, 2.05) is 41.3 Å². The Bertz CT molecular complexity index is 668. The lowest BCUT2D eigenvalue weighted by Crippen LogP contribution is -2.36. The highest BCUT2D eigenvalue weighted by Gasteiger charge is 2.16. The highest BCUT2D eigenvalue weighted by atomic mass is 32.2. The maximum absolute atomic E-state index is 12.2. The summed E-state index contributed by atoms with van der Waals surface area (Å²) in [6.07, 6.45) is 3.47. The van der Waals surface area contributed by atoms with Gasteiger partial charge < -0.3 is 9.64 Å². The fourth-order valence-electron chi connectivity index (χ4n) is 2.68. The van der Waals surface area contributed by atoms with Gasteiger partial charge in [0, 0.05) is 18.7 Å². The highest BCUT2D eigenvalue weighted by Crippen LogP contribution is 2.22. The first kappa shape index (κ1) is 16.8. The average Bonchev–Trinajstić information content (AvgIpc) is 2.67. The van der Waals surface area contributed by atoms with Gasteiger partial charge in [0.25, 0.3) is 0 Å². The molecule has 1 aromatic carbocycles. The summed E-state index contributed by atoms with van der Waals surface area (Å²) in [6, 6.07) is 11.6. The number of rotatable bonds is 5. The van der Waals surface area contributed by atoms with Crippen molar-refractivity contribution >= 4 is 17.7 Å². The number of piperidine rings is 1. The minimum Gasteiger partial charge on any atom is -0.497 e. The summed E-state index contributed by atoms with van der Waals surface area (Å²) in [5.74, 6) is 1.44. The number of hydrogen-bond acceptors (Lipinski definition) is 5. The lowest BCUT2D eigenvalue weighted by Gasteiger charge is -2.26. The zero-order valence-corrected chi connectivity index (χ0v) is 14.6. The second-order valence-electron chi connectivity index (χ2n) is 5.72. The van der Waals surface area contributed by atoms with Crippen LogP contribution >= 0.6 is 11.8 Å². The number of amides is 1. The van der Waals surface area contributed by atoms with Crippen LogP contribution in [0.25, 0.3) is 11.3 Å². The molecular formula is C18H21N3O2S. The number of carbonyl (C=O) groups excluding carboxylic acids is 1. The molecule has 1 aliphatic rings. The molecular weight excluding hydrogens is 322 g/mol. The van der Waals surface area contributed by atoms with Crippen molar-refractivity contribution in [1.29, 1.82) is 0 Å². The van der Waals surface area contributed by atoms with Crippen LogP contribution in [0.5, 0.6) is 5.75 Å². The number of aromatic nitrogens is 2. The second kappa shape index (κ2) is 8.15. The standard InChI is InChI=1S/C18H21N3O2S/c1-23-15-7-5-14(6-8-15)16-9-10-17(20-19-16)24-13-18(22)21-11-3-2-4-12-21/h5-10H,2-4,11-13H2,1H3. The van der Waals surface area contributed by atoms with Crippen molar-refractivity contribution in [3.8, 4) is 17.0 Å². The number of benzene rings is 1. The summed E-state index contributed by atoms with van der Waals surface area (Å²) < 4.78 is 5.15. The maximum Gasteiger partial charge on any atom is 0.232 e. The Morgan fingerprint density at radius 1 is 1.08 bits per heavy atom. The van der Waals surface area contributed by atoms with Crippen molar-refractivity contribution in [3.63, 3.8) is 0 Å². The molecule has 3 rings (SSSR count). The monoisotopic (exact) mass is 343 g/mol. The van der Waals surface area contributed by atoms with Crippen molar-refractivity contribution in [1.82, 2.24) is 15.1 Å². The maximum atomic E-state index is 12.2. The molecule has 1 aromatic heterocycles. The van der Waals surface area contributed by atoms with Crippen LogP contribution < -0.4 is 4.74 Å². The number of hydrogen-bond donors (Lipinski definition) is 0. The van der Waals surface area contributed by atoms with E-state index in [1.54, 1.807) is 7.11 Å². The van der Waals surface area contributed by atoms with Crippen molar-refractivity contribution in [3.05, 3.63) is 36.4 Å². The van der Waals surface area contributed by atoms with Gasteiger partial charge in [-0.15, -0.1) is 10.2 Å². The number of thioether (sulfide) groups is 1. The number of methoxy groups -OCH3 is 1. The molecule has 24 heavy (non-hydrogen) atoms. The van der Waals surface area contributed by atoms with Crippen LogP contribution in [0.3, 0.4) is 0 Å². The minimum atomic E-state index is 0.195. The summed E-state index contributed by atoms with van der Waals surface area (Å²) in [5.41, 5.74) is 1.80. The largest absolute Gasteiger partial charge is 0.497 e. The summed E-state index contributed by atoms with van der Waals surface area (Å²) in [6.45, 7) is 1.78. The third kappa shape index (κ3) is 4.26. The van der Waals surface area contributed by atoms with Crippen LogP contribution in [0.2, 0.25) is 0 Å². The molecule has 2 heterocycles. The van der Waals surface area contributed by atoms with Crippen molar-refractivity contribution in [2.75, 3.05) is 26.0 Å². The van der Waals surface area contributed by atoms with Crippen LogP contribution in [-0.2, 0) is 4.79 Å². The summed E-state index contributed by atoms with van der Waals surface area (Å²) >= 11 is 1.45. The Hall–Kier alpha value is -2.08. The predicted octanol–water partition coefficient (Wildman–Crippen LogP) is 3.26. The van der Waals surface area contributed by atoms with Crippen molar-refractivity contribution in [2.45, 2.75) is 24.3 Å². The third-order valence-electron chi connectivity index (χ3n) is 4.08. The van der Waals surface area contributed by atoms with E-state index in [9.17, 15) is 4.79 Å². The highest BCUT2D eigenvalue weighted by molar-refractivity contribution is 7.99. The zero-order valence-electron chi connectivity index (χ0n) is 13.8. The SMILES string of the molecule is COc1ccc(-c2ccc(SCC(=O)N3CCCCC3)nn2)cc1. The summed E-state index contributed by atoms with van der Waals surface area (Å²) in [4.78, 5) is 14.1. The Morgan fingerprint density at radius 3 is 2.46 bits per heavy atom. The molecule has 6 heteroatoms. The lowest BCUT2D eigenvalue weighted by molar-refractivity contribution is -0.129. The molecule has 0 saturated carbocycles. The molecule has 2 aromatic rings. The van der Waals surface area contributed by atoms with Crippen LogP contribution in [0.15, 0.2) is 41.4 Å². The van der Waals surface area contributed by atoms with Crippen molar-refractivity contribution in [2.24, 2.45) is 0 Å². The molecule has 0 bridgehead atoms. The first-order chi connectivity index (χ1) is 11.8. The lowest BCUT2D eigenvalue weighted by atomic mass is 10.1. The van der Waals surface area contributed by atoms with E-state index in [-0.39, 0.29) is 5.91 Å². The fraction of sp³-hybridized carbons (Fsp3) is 0.389. The number of likely N-dealkylation sites (tertiary alicyclic amines) is 1. The van der Waals surface area contributed by atoms with Gasteiger partial charge in [-0.25, -0.2) is 0 Å². The first-order valence-electron chi connectivity index (χ1n) is 8.15. The van der Waals surface area contributed by atoms with Gasteiger partial charge in [-0.3, -0.25) is 4.79 Å². The van der Waals surface area contributed by atoms with Gasteiger partial charge in [-0.05, 0) is 55.7 Å². The molecule has 0 N–H and O–H groups in total. The molecule has 0 spiro atoms. The van der Waals surface area contributed by atoms with Crippen LogP contribution in [0.4, 0.5) is 0 Å². The van der Waals surface area contributed by atoms with Crippen LogP contribution in [0, 0.1) is 0 Å². The van der Waals surface area contributed by atoms with Crippen LogP contribution in [0.1, 0.15) is 19.3 Å². The molecule has 5 nitrogen and oxygen atoms in total. The Kier molecular flexibility index (Phi) is 5.69. The van der Waals surface area contributed by atoms with Gasteiger partial charge in [0.2, 0.25) is 5.91 Å². The van der Waals surface area contributed by atoms with E-state index in [0.29, 0.717) is 5.75 Å². The third-order valence-corrected chi connectivity index (χ3v) is 4.98. The zero-order chi connectivity index (χ0) is 16.8. The quantitative estimate of drug-likeness (QED) is 0.780. The van der Waals surface area contributed by atoms with E-state index >= 15 is 0 Å². The molecule has 126 valence electrons. The van der Waals surface area contributed by atoms with Gasteiger partial charge >= 0.3 is 0 Å². The number of carbonyl (C=O) groups is 1. The van der Waals surface area contributed by atoms with E-state index in [4.69, 9.17) is 4.74 Å².